The van der Waals surface area contributed by atoms with Crippen LogP contribution in [0.3, 0.4) is 0 Å². The van der Waals surface area contributed by atoms with Gasteiger partial charge in [0, 0.05) is 20.6 Å². The van der Waals surface area contributed by atoms with Crippen molar-refractivity contribution in [2.45, 2.75) is 66.0 Å². The molecule has 0 heterocycles. The molecule has 0 radical (unpaired) electrons. The zero-order chi connectivity index (χ0) is 18.4. The van der Waals surface area contributed by atoms with Crippen LogP contribution in [-0.2, 0) is 19.1 Å². The Morgan fingerprint density at radius 3 is 2.08 bits per heavy atom. The van der Waals surface area contributed by atoms with Crippen molar-refractivity contribution < 1.29 is 19.1 Å². The Hall–Kier alpha value is -2.43. The van der Waals surface area contributed by atoms with Crippen LogP contribution in [0.2, 0.25) is 0 Å². The fourth-order valence-electron chi connectivity index (χ4n) is 2.27. The molecule has 0 saturated heterocycles. The molecule has 0 fully saturated rings. The summed E-state index contributed by atoms with van der Waals surface area (Å²) in [5.41, 5.74) is 0. The number of ketones is 1. The molecular formula is C17H33FmN2O4-. The van der Waals surface area contributed by atoms with Gasteiger partial charge in [0.25, 0.3) is 0 Å². The number of nitrogens with zero attached hydrogens (tertiary/aromatic N) is 1. The predicted molar refractivity (Wildman–Crippen MR) is 91.8 cm³/mol. The summed E-state index contributed by atoms with van der Waals surface area (Å²) < 4.78 is 5.41. The molecule has 0 spiro atoms. The SMILES string of the molecule is CCC.CCC(C)C(C(CC(C)=O)OC)N(C)C(=O)CN[C-]=O.[Fm]. The van der Waals surface area contributed by atoms with Gasteiger partial charge in [-0.1, -0.05) is 40.5 Å². The van der Waals surface area contributed by atoms with Gasteiger partial charge in [0.2, 0.25) is 5.91 Å². The first-order chi connectivity index (χ1) is 10.8. The van der Waals surface area contributed by atoms with Crippen LogP contribution < -0.4 is 5.32 Å². The van der Waals surface area contributed by atoms with Gasteiger partial charge in [-0.2, -0.15) is 6.41 Å². The molecule has 0 bridgehead atoms. The minimum absolute atomic E-state index is 0. The molecule has 0 aromatic carbocycles. The van der Waals surface area contributed by atoms with Crippen molar-refractivity contribution in [2.24, 2.45) is 5.92 Å². The Balaban J connectivity index is -0.00000102. The van der Waals surface area contributed by atoms with E-state index in [4.69, 9.17) is 4.74 Å². The van der Waals surface area contributed by atoms with Crippen molar-refractivity contribution in [2.75, 3.05) is 20.7 Å². The quantitative estimate of drug-likeness (QED) is 0.314. The van der Waals surface area contributed by atoms with Gasteiger partial charge in [-0.15, -0.1) is 0 Å². The van der Waals surface area contributed by atoms with E-state index in [2.05, 4.69) is 19.2 Å². The molecule has 148 valence electrons. The Labute approximate surface area is 140 Å². The number of methoxy groups -OCH3 is 1. The van der Waals surface area contributed by atoms with E-state index in [1.807, 2.05) is 13.8 Å². The topological polar surface area (TPSA) is 75.7 Å². The first-order valence-electron chi connectivity index (χ1n) is 8.18. The van der Waals surface area contributed by atoms with Crippen LogP contribution >= 0.6 is 0 Å². The van der Waals surface area contributed by atoms with Crippen LogP contribution in [0.1, 0.15) is 53.9 Å². The monoisotopic (exact) mass is 586 g/mol. The normalized spacial score (nSPS) is 13.3. The summed E-state index contributed by atoms with van der Waals surface area (Å²) in [6.07, 6.45) is 3.49. The maximum atomic E-state index is 12.0. The number of hydrogen-bond donors (Lipinski definition) is 1. The van der Waals surface area contributed by atoms with Crippen molar-refractivity contribution >= 4 is 18.1 Å². The average molecular weight is 586 g/mol. The van der Waals surface area contributed by atoms with Crippen LogP contribution in [0.4, 0.5) is 0 Å². The second-order valence-electron chi connectivity index (χ2n) is 5.72. The number of amides is 2. The predicted octanol–water partition coefficient (Wildman–Crippen LogP) is 1.93. The van der Waals surface area contributed by atoms with Crippen LogP contribution in [0.25, 0.3) is 0 Å². The number of rotatable bonds is 10. The van der Waals surface area contributed by atoms with Crippen molar-refractivity contribution in [3.8, 4) is 0 Å². The molecule has 0 aromatic rings. The molecule has 0 rings (SSSR count). The summed E-state index contributed by atoms with van der Waals surface area (Å²) in [6, 6.07) is -0.213. The molecule has 3 atom stereocenters. The van der Waals surface area contributed by atoms with Gasteiger partial charge < -0.3 is 19.7 Å². The van der Waals surface area contributed by atoms with E-state index in [0.717, 1.165) is 6.42 Å². The molecule has 3 unspecified atom stereocenters. The zero-order valence-electron chi connectivity index (χ0n) is 15.9. The molecule has 0 aliphatic heterocycles. The van der Waals surface area contributed by atoms with Crippen LogP contribution in [0, 0.1) is 5.92 Å². The van der Waals surface area contributed by atoms with Crippen molar-refractivity contribution in [3.05, 3.63) is 0 Å². The Kier molecular flexibility index (Phi) is 17.1. The smallest absolute Gasteiger partial charge is 0.239 e. The first-order valence-corrected chi connectivity index (χ1v) is 8.18. The molecule has 0 saturated carbocycles. The molecule has 1 N–H and O–H groups in total. The van der Waals surface area contributed by atoms with E-state index in [1.165, 1.54) is 19.8 Å². The summed E-state index contributed by atoms with van der Waals surface area (Å²) in [5, 5.41) is 2.23. The number of ether oxygens (including phenoxy) is 1. The Morgan fingerprint density at radius 2 is 1.75 bits per heavy atom. The number of nitrogens with one attached hydrogen (secondary N) is 1. The summed E-state index contributed by atoms with van der Waals surface area (Å²) >= 11 is 0. The van der Waals surface area contributed by atoms with E-state index >= 15 is 0 Å². The van der Waals surface area contributed by atoms with Gasteiger partial charge in [-0.05, 0) is 12.8 Å². The van der Waals surface area contributed by atoms with Crippen molar-refractivity contribution in [3.63, 3.8) is 0 Å². The molecule has 0 aromatic heterocycles. The molecular weight excluding hydrogens is 553 g/mol. The Morgan fingerprint density at radius 1 is 1.25 bits per heavy atom. The van der Waals surface area contributed by atoms with Gasteiger partial charge >= 0.3 is 0 Å². The standard InChI is InChI=1S/C14H25N2O4.C3H8.Fm/c1-6-10(2)14(12(20-5)7-11(3)18)16(4)13(19)8-15-9-17;1-3-2;/h10,12,14H,6-8H2,1-5H3,(H,15,17);3H2,1-2H3;/q-1;;. The molecule has 2 amide bonds. The third kappa shape index (κ3) is 10.3. The number of carbonyl (C=O) groups is 2. The third-order valence-electron chi connectivity index (χ3n) is 3.55. The zero-order valence-corrected chi connectivity index (χ0v) is 18.3. The van der Waals surface area contributed by atoms with Crippen molar-refractivity contribution in [1.29, 1.82) is 0 Å². The van der Waals surface area contributed by atoms with E-state index < -0.39 is 0 Å². The third-order valence-corrected chi connectivity index (χ3v) is 3.55. The average Bonchev–Trinajstić information content (AvgIpc) is 2.51. The van der Waals surface area contributed by atoms with Crippen LogP contribution in [0.15, 0.2) is 0 Å². The van der Waals surface area contributed by atoms with E-state index in [1.54, 1.807) is 19.1 Å². The minimum Gasteiger partial charge on any atom is -0.522 e. The molecule has 6 nitrogen and oxygen atoms in total. The fraction of sp³-hybridized carbons (Fsp3) is 0.824. The first kappa shape index (κ1) is 26.5. The maximum absolute atomic E-state index is 12.0. The maximum Gasteiger partial charge on any atom is 0.239 e. The minimum atomic E-state index is -0.350. The van der Waals surface area contributed by atoms with Gasteiger partial charge in [0.1, 0.15) is 5.78 Å². The van der Waals surface area contributed by atoms with Crippen LogP contribution in [-0.4, -0.2) is 55.8 Å². The van der Waals surface area contributed by atoms with E-state index in [9.17, 15) is 14.4 Å². The van der Waals surface area contributed by atoms with Crippen molar-refractivity contribution in [1.82, 2.24) is 10.2 Å². The van der Waals surface area contributed by atoms with Crippen LogP contribution in [0.5, 0.6) is 0 Å². The summed E-state index contributed by atoms with van der Waals surface area (Å²) in [4.78, 5) is 35.1. The largest absolute Gasteiger partial charge is 0.522 e. The van der Waals surface area contributed by atoms with E-state index in [-0.39, 0.29) is 42.7 Å². The number of Topliss-reactive ketones (excluding diaryl/α,β-unsaturated/α-hetero) is 1. The van der Waals surface area contributed by atoms with Gasteiger partial charge in [0.05, 0.1) is 18.7 Å². The second kappa shape index (κ2) is 15.5. The molecule has 24 heavy (non-hydrogen) atoms. The molecule has 7 heteroatoms. The number of likely N-dealkylation sites (N-methyl/N-ethyl adjacent to an activating group) is 1. The second-order valence-corrected chi connectivity index (χ2v) is 5.72. The number of hydrogen-bond acceptors (Lipinski definition) is 4. The Bertz CT molecular complexity index is 353. The van der Waals surface area contributed by atoms with Gasteiger partial charge in [0.15, 0.2) is 0 Å². The summed E-state index contributed by atoms with van der Waals surface area (Å²) in [5.74, 6) is -0.0388. The number of carbonyl (C=O) groups excluding carboxylic acids is 3. The van der Waals surface area contributed by atoms with Gasteiger partial charge in [-0.25, -0.2) is 0 Å². The van der Waals surface area contributed by atoms with E-state index in [0.29, 0.717) is 0 Å². The van der Waals surface area contributed by atoms with Gasteiger partial charge in [-0.3, -0.25) is 9.59 Å². The molecule has 0 aliphatic rings. The molecule has 0 aliphatic carbocycles. The fourth-order valence-corrected chi connectivity index (χ4v) is 2.27. The summed E-state index contributed by atoms with van der Waals surface area (Å²) in [7, 11) is 3.20. The summed E-state index contributed by atoms with van der Waals surface area (Å²) in [6.45, 7) is 9.68.